The first-order valence-electron chi connectivity index (χ1n) is 6.00. The van der Waals surface area contributed by atoms with Crippen LogP contribution in [-0.4, -0.2) is 36.5 Å². The molecule has 6 nitrogen and oxygen atoms in total. The molecule has 2 heterocycles. The zero-order valence-electron chi connectivity index (χ0n) is 10.6. The van der Waals surface area contributed by atoms with Crippen LogP contribution in [0.4, 0.5) is 0 Å². The van der Waals surface area contributed by atoms with Crippen molar-refractivity contribution in [3.63, 3.8) is 0 Å². The van der Waals surface area contributed by atoms with Crippen molar-refractivity contribution in [3.8, 4) is 6.07 Å². The molecule has 0 aliphatic carbocycles. The minimum absolute atomic E-state index is 0.0148. The minimum atomic E-state index is -0.602. The Balaban J connectivity index is 2.18. The van der Waals surface area contributed by atoms with E-state index in [2.05, 4.69) is 10.3 Å². The summed E-state index contributed by atoms with van der Waals surface area (Å²) in [6.07, 6.45) is 6.82. The summed E-state index contributed by atoms with van der Waals surface area (Å²) in [5.41, 5.74) is 0.867. The Kier molecular flexibility index (Phi) is 3.98. The molecule has 0 fully saturated rings. The molecule has 0 atom stereocenters. The number of nitrogens with one attached hydrogen (secondary N) is 1. The van der Waals surface area contributed by atoms with Crippen LogP contribution in [0.2, 0.25) is 0 Å². The topological polar surface area (TPSA) is 77.7 Å². The maximum absolute atomic E-state index is 11.5. The quantitative estimate of drug-likeness (QED) is 0.457. The van der Waals surface area contributed by atoms with Crippen LogP contribution in [0.1, 0.15) is 6.92 Å². The number of fused-ring (bicyclic) bond motifs is 1. The van der Waals surface area contributed by atoms with Gasteiger partial charge in [0.25, 0.3) is 0 Å². The number of carbonyl (C=O) groups excluding carboxylic acids is 1. The van der Waals surface area contributed by atoms with E-state index in [0.29, 0.717) is 0 Å². The number of esters is 1. The van der Waals surface area contributed by atoms with Crippen LogP contribution in [0, 0.1) is 11.3 Å². The summed E-state index contributed by atoms with van der Waals surface area (Å²) in [5, 5.41) is 12.0. The Labute approximate surface area is 111 Å². The van der Waals surface area contributed by atoms with E-state index in [0.717, 1.165) is 24.7 Å². The van der Waals surface area contributed by atoms with Gasteiger partial charge in [0.2, 0.25) is 5.96 Å². The van der Waals surface area contributed by atoms with E-state index < -0.39 is 5.97 Å². The van der Waals surface area contributed by atoms with Gasteiger partial charge >= 0.3 is 5.97 Å². The number of nitriles is 1. The lowest BCUT2D eigenvalue weighted by molar-refractivity contribution is -0.138. The molecule has 0 bridgehead atoms. The summed E-state index contributed by atoms with van der Waals surface area (Å²) in [5.74, 6) is 0.187. The van der Waals surface area contributed by atoms with Gasteiger partial charge in [0.1, 0.15) is 11.6 Å². The number of hydrogen-bond donors (Lipinski definition) is 1. The number of aliphatic imine (C=N–C) groups is 1. The second-order valence-electron chi connectivity index (χ2n) is 3.84. The second kappa shape index (κ2) is 5.87. The van der Waals surface area contributed by atoms with E-state index in [1.165, 1.54) is 6.08 Å². The van der Waals surface area contributed by atoms with Crippen LogP contribution in [0.25, 0.3) is 0 Å². The van der Waals surface area contributed by atoms with Crippen LogP contribution in [0.3, 0.4) is 0 Å². The normalized spacial score (nSPS) is 19.6. The van der Waals surface area contributed by atoms with Crippen LogP contribution in [0.5, 0.6) is 0 Å². The molecule has 0 aromatic heterocycles. The van der Waals surface area contributed by atoms with Crippen molar-refractivity contribution in [3.05, 3.63) is 35.7 Å². The van der Waals surface area contributed by atoms with E-state index in [9.17, 15) is 4.79 Å². The first-order valence-corrected chi connectivity index (χ1v) is 6.00. The monoisotopic (exact) mass is 258 g/mol. The highest BCUT2D eigenvalue weighted by Crippen LogP contribution is 2.15. The first kappa shape index (κ1) is 12.9. The third-order valence-corrected chi connectivity index (χ3v) is 2.66. The van der Waals surface area contributed by atoms with E-state index >= 15 is 0 Å². The number of ether oxygens (including phenoxy) is 1. The summed E-state index contributed by atoms with van der Waals surface area (Å²) in [4.78, 5) is 17.7. The summed E-state index contributed by atoms with van der Waals surface area (Å²) in [6, 6.07) is 1.84. The van der Waals surface area contributed by atoms with Gasteiger partial charge in [-0.2, -0.15) is 5.26 Å². The first-order chi connectivity index (χ1) is 9.26. The maximum Gasteiger partial charge on any atom is 0.348 e. The summed E-state index contributed by atoms with van der Waals surface area (Å²) >= 11 is 0. The number of rotatable bonds is 3. The van der Waals surface area contributed by atoms with Crippen molar-refractivity contribution >= 4 is 11.9 Å². The highest BCUT2D eigenvalue weighted by molar-refractivity contribution is 5.93. The van der Waals surface area contributed by atoms with Gasteiger partial charge in [0, 0.05) is 18.4 Å². The number of carbonyl (C=O) groups is 1. The fourth-order valence-electron chi connectivity index (χ4n) is 1.79. The molecule has 2 aliphatic rings. The Morgan fingerprint density at radius 3 is 3.32 bits per heavy atom. The van der Waals surface area contributed by atoms with Crippen molar-refractivity contribution < 1.29 is 9.53 Å². The highest BCUT2D eigenvalue weighted by Gasteiger charge is 2.21. The highest BCUT2D eigenvalue weighted by atomic mass is 16.5. The van der Waals surface area contributed by atoms with Crippen LogP contribution < -0.4 is 5.32 Å². The summed E-state index contributed by atoms with van der Waals surface area (Å²) < 4.78 is 4.79. The molecule has 1 N–H and O–H groups in total. The lowest BCUT2D eigenvalue weighted by Gasteiger charge is -2.24. The Hall–Kier alpha value is -2.55. The van der Waals surface area contributed by atoms with Crippen molar-refractivity contribution in [2.45, 2.75) is 6.92 Å². The average molecular weight is 258 g/mol. The molecule has 0 aromatic rings. The summed E-state index contributed by atoms with van der Waals surface area (Å²) in [6.45, 7) is 3.47. The van der Waals surface area contributed by atoms with Crippen LogP contribution >= 0.6 is 0 Å². The van der Waals surface area contributed by atoms with Gasteiger partial charge in [-0.25, -0.2) is 4.79 Å². The lowest BCUT2D eigenvalue weighted by Crippen LogP contribution is -2.37. The minimum Gasteiger partial charge on any atom is -0.462 e. The van der Waals surface area contributed by atoms with Gasteiger partial charge in [-0.1, -0.05) is 0 Å². The SMILES string of the molecule is CCOC(=O)/C(C#N)=C\C=C1\C=CNC2=NCCN21. The van der Waals surface area contributed by atoms with Crippen LogP contribution in [-0.2, 0) is 9.53 Å². The fraction of sp³-hybridized carbons (Fsp3) is 0.308. The average Bonchev–Trinajstić information content (AvgIpc) is 2.88. The Morgan fingerprint density at radius 2 is 2.58 bits per heavy atom. The van der Waals surface area contributed by atoms with Gasteiger partial charge < -0.3 is 15.0 Å². The van der Waals surface area contributed by atoms with Gasteiger partial charge in [-0.15, -0.1) is 0 Å². The second-order valence-corrected chi connectivity index (χ2v) is 3.84. The third-order valence-electron chi connectivity index (χ3n) is 2.66. The molecule has 0 spiro atoms. The molecule has 0 saturated carbocycles. The predicted molar refractivity (Wildman–Crippen MR) is 69.7 cm³/mol. The predicted octanol–water partition coefficient (Wildman–Crippen LogP) is 0.672. The smallest absolute Gasteiger partial charge is 0.348 e. The Bertz CT molecular complexity index is 537. The van der Waals surface area contributed by atoms with E-state index in [1.807, 2.05) is 17.0 Å². The van der Waals surface area contributed by atoms with Crippen molar-refractivity contribution in [2.24, 2.45) is 4.99 Å². The molecule has 0 saturated heterocycles. The number of nitrogens with zero attached hydrogens (tertiary/aromatic N) is 3. The van der Waals surface area contributed by atoms with E-state index in [4.69, 9.17) is 10.00 Å². The molecule has 2 rings (SSSR count). The summed E-state index contributed by atoms with van der Waals surface area (Å²) in [7, 11) is 0. The van der Waals surface area contributed by atoms with Crippen molar-refractivity contribution in [1.29, 1.82) is 5.26 Å². The van der Waals surface area contributed by atoms with E-state index in [-0.39, 0.29) is 12.2 Å². The van der Waals surface area contributed by atoms with Crippen LogP contribution in [0.15, 0.2) is 40.7 Å². The molecule has 2 aliphatic heterocycles. The zero-order chi connectivity index (χ0) is 13.7. The van der Waals surface area contributed by atoms with Gasteiger partial charge in [0.05, 0.1) is 13.2 Å². The van der Waals surface area contributed by atoms with Gasteiger partial charge in [0.15, 0.2) is 0 Å². The zero-order valence-corrected chi connectivity index (χ0v) is 10.6. The van der Waals surface area contributed by atoms with Gasteiger partial charge in [-0.3, -0.25) is 4.99 Å². The molecule has 0 aromatic carbocycles. The van der Waals surface area contributed by atoms with E-state index in [1.54, 1.807) is 19.2 Å². The lowest BCUT2D eigenvalue weighted by atomic mass is 10.2. The molecular weight excluding hydrogens is 244 g/mol. The maximum atomic E-state index is 11.5. The fourth-order valence-corrected chi connectivity index (χ4v) is 1.79. The molecule has 19 heavy (non-hydrogen) atoms. The number of hydrogen-bond acceptors (Lipinski definition) is 6. The molecule has 0 radical (unpaired) electrons. The molecule has 0 amide bonds. The largest absolute Gasteiger partial charge is 0.462 e. The Morgan fingerprint density at radius 1 is 1.74 bits per heavy atom. The van der Waals surface area contributed by atoms with Crippen molar-refractivity contribution in [1.82, 2.24) is 10.2 Å². The molecular formula is C13H14N4O2. The number of allylic oxidation sites excluding steroid dienone is 3. The molecule has 6 heteroatoms. The standard InChI is InChI=1S/C13H14N4O2/c1-2-19-12(18)10(9-14)3-4-11-5-6-15-13-16-7-8-17(11)13/h3-6H,2,7-8H2,1H3,(H,15,16)/b10-3-,11-4-. The molecule has 98 valence electrons. The number of guanidine groups is 1. The third kappa shape index (κ3) is 2.83. The van der Waals surface area contributed by atoms with Crippen molar-refractivity contribution in [2.75, 3.05) is 19.7 Å². The van der Waals surface area contributed by atoms with Gasteiger partial charge in [-0.05, 0) is 25.2 Å². The molecule has 0 unspecified atom stereocenters.